The van der Waals surface area contributed by atoms with Crippen molar-refractivity contribution in [2.75, 3.05) is 24.3 Å². The van der Waals surface area contributed by atoms with Crippen LogP contribution >= 0.6 is 0 Å². The number of fused-ring (bicyclic) bond motifs is 1. The van der Waals surface area contributed by atoms with Gasteiger partial charge in [-0.05, 0) is 37.3 Å². The zero-order chi connectivity index (χ0) is 15.7. The highest BCUT2D eigenvalue weighted by atomic mass is 16.1. The number of hydrogen-bond acceptors (Lipinski definition) is 2. The zero-order valence-electron chi connectivity index (χ0n) is 13.0. The summed E-state index contributed by atoms with van der Waals surface area (Å²) in [6.07, 6.45) is 0. The number of rotatable bonds is 3. The van der Waals surface area contributed by atoms with Crippen molar-refractivity contribution in [3.05, 3.63) is 59.8 Å². The van der Waals surface area contributed by atoms with E-state index in [-0.39, 0.29) is 5.91 Å². The number of aryl methyl sites for hydroxylation is 1. The first-order valence-electron chi connectivity index (χ1n) is 7.22. The number of carbonyl (C=O) groups is 1. The van der Waals surface area contributed by atoms with E-state index in [9.17, 15) is 4.79 Å². The SMILES string of the molecule is Cc1[nH]c2ccccc2c1C(=O)Nc1ccc(N(C)C)cc1. The summed E-state index contributed by atoms with van der Waals surface area (Å²) in [6.45, 7) is 1.92. The molecule has 2 N–H and O–H groups in total. The highest BCUT2D eigenvalue weighted by molar-refractivity contribution is 6.13. The van der Waals surface area contributed by atoms with E-state index in [1.165, 1.54) is 0 Å². The largest absolute Gasteiger partial charge is 0.378 e. The number of carbonyl (C=O) groups excluding carboxylic acids is 1. The van der Waals surface area contributed by atoms with Crippen LogP contribution in [0.3, 0.4) is 0 Å². The first-order valence-corrected chi connectivity index (χ1v) is 7.22. The van der Waals surface area contributed by atoms with Crippen LogP contribution < -0.4 is 10.2 Å². The van der Waals surface area contributed by atoms with Crippen molar-refractivity contribution in [3.63, 3.8) is 0 Å². The molecule has 1 heterocycles. The van der Waals surface area contributed by atoms with Crippen molar-refractivity contribution in [3.8, 4) is 0 Å². The van der Waals surface area contributed by atoms with Gasteiger partial charge < -0.3 is 15.2 Å². The molecule has 0 radical (unpaired) electrons. The van der Waals surface area contributed by atoms with E-state index in [4.69, 9.17) is 0 Å². The minimum Gasteiger partial charge on any atom is -0.378 e. The first-order chi connectivity index (χ1) is 10.6. The molecule has 0 saturated carbocycles. The standard InChI is InChI=1S/C18H19N3O/c1-12-17(15-6-4-5-7-16(15)19-12)18(22)20-13-8-10-14(11-9-13)21(2)3/h4-11,19H,1-3H3,(H,20,22). The fourth-order valence-corrected chi connectivity index (χ4v) is 2.61. The number of hydrogen-bond donors (Lipinski definition) is 2. The number of para-hydroxylation sites is 1. The van der Waals surface area contributed by atoms with E-state index in [1.807, 2.05) is 74.4 Å². The maximum Gasteiger partial charge on any atom is 0.258 e. The van der Waals surface area contributed by atoms with Crippen LogP contribution in [0.15, 0.2) is 48.5 Å². The summed E-state index contributed by atoms with van der Waals surface area (Å²) in [5.74, 6) is -0.0902. The first kappa shape index (κ1) is 14.2. The van der Waals surface area contributed by atoms with Crippen LogP contribution in [0.2, 0.25) is 0 Å². The summed E-state index contributed by atoms with van der Waals surface area (Å²) in [6, 6.07) is 15.6. The minimum atomic E-state index is -0.0902. The third-order valence-corrected chi connectivity index (χ3v) is 3.76. The average Bonchev–Trinajstić information content (AvgIpc) is 2.83. The van der Waals surface area contributed by atoms with Crippen LogP contribution in [-0.2, 0) is 0 Å². The highest BCUT2D eigenvalue weighted by Gasteiger charge is 2.15. The third-order valence-electron chi connectivity index (χ3n) is 3.76. The minimum absolute atomic E-state index is 0.0902. The molecule has 0 aliphatic rings. The fourth-order valence-electron chi connectivity index (χ4n) is 2.61. The average molecular weight is 293 g/mol. The van der Waals surface area contributed by atoms with Gasteiger partial charge >= 0.3 is 0 Å². The van der Waals surface area contributed by atoms with E-state index in [0.29, 0.717) is 5.56 Å². The van der Waals surface area contributed by atoms with Gasteiger partial charge in [0.25, 0.3) is 5.91 Å². The quantitative estimate of drug-likeness (QED) is 0.771. The van der Waals surface area contributed by atoms with E-state index >= 15 is 0 Å². The summed E-state index contributed by atoms with van der Waals surface area (Å²) < 4.78 is 0. The zero-order valence-corrected chi connectivity index (χ0v) is 13.0. The van der Waals surface area contributed by atoms with E-state index in [2.05, 4.69) is 10.3 Å². The molecule has 0 aliphatic heterocycles. The van der Waals surface area contributed by atoms with Crippen molar-refractivity contribution in [2.45, 2.75) is 6.92 Å². The Kier molecular flexibility index (Phi) is 3.59. The molecule has 4 heteroatoms. The van der Waals surface area contributed by atoms with Crippen LogP contribution in [0.5, 0.6) is 0 Å². The number of anilines is 2. The topological polar surface area (TPSA) is 48.1 Å². The molecule has 0 atom stereocenters. The van der Waals surface area contributed by atoms with Crippen molar-refractivity contribution in [1.29, 1.82) is 0 Å². The van der Waals surface area contributed by atoms with E-state index in [1.54, 1.807) is 0 Å². The number of aromatic nitrogens is 1. The molecule has 1 aromatic heterocycles. The summed E-state index contributed by atoms with van der Waals surface area (Å²) in [5, 5.41) is 3.91. The fraction of sp³-hybridized carbons (Fsp3) is 0.167. The molecular weight excluding hydrogens is 274 g/mol. The number of amides is 1. The van der Waals surface area contributed by atoms with Crippen molar-refractivity contribution in [2.24, 2.45) is 0 Å². The van der Waals surface area contributed by atoms with Crippen LogP contribution in [0, 0.1) is 6.92 Å². The van der Waals surface area contributed by atoms with Crippen LogP contribution in [0.1, 0.15) is 16.1 Å². The Labute approximate surface area is 129 Å². The lowest BCUT2D eigenvalue weighted by atomic mass is 10.1. The van der Waals surface area contributed by atoms with Crippen molar-refractivity contribution < 1.29 is 4.79 Å². The summed E-state index contributed by atoms with van der Waals surface area (Å²) in [7, 11) is 3.98. The van der Waals surface area contributed by atoms with Crippen LogP contribution in [-0.4, -0.2) is 25.0 Å². The molecule has 0 aliphatic carbocycles. The van der Waals surface area contributed by atoms with Crippen molar-refractivity contribution >= 4 is 28.2 Å². The second kappa shape index (κ2) is 5.56. The molecule has 1 amide bonds. The van der Waals surface area contributed by atoms with E-state index < -0.39 is 0 Å². The molecule has 0 spiro atoms. The number of benzene rings is 2. The Bertz CT molecular complexity index is 816. The van der Waals surface area contributed by atoms with Gasteiger partial charge in [-0.1, -0.05) is 18.2 Å². The summed E-state index contributed by atoms with van der Waals surface area (Å²) in [4.78, 5) is 17.9. The monoisotopic (exact) mass is 293 g/mol. The van der Waals surface area contributed by atoms with Crippen molar-refractivity contribution in [1.82, 2.24) is 4.98 Å². The van der Waals surface area contributed by atoms with Gasteiger partial charge in [0.15, 0.2) is 0 Å². The molecule has 2 aromatic carbocycles. The summed E-state index contributed by atoms with van der Waals surface area (Å²) in [5.41, 5.74) is 4.45. The molecular formula is C18H19N3O. The smallest absolute Gasteiger partial charge is 0.258 e. The van der Waals surface area contributed by atoms with Gasteiger partial charge in [0, 0.05) is 42.1 Å². The molecule has 0 fully saturated rings. The van der Waals surface area contributed by atoms with Gasteiger partial charge in [-0.3, -0.25) is 4.79 Å². The summed E-state index contributed by atoms with van der Waals surface area (Å²) >= 11 is 0. The van der Waals surface area contributed by atoms with Gasteiger partial charge in [-0.25, -0.2) is 0 Å². The molecule has 3 rings (SSSR count). The predicted octanol–water partition coefficient (Wildman–Crippen LogP) is 3.79. The van der Waals surface area contributed by atoms with Gasteiger partial charge in [0.2, 0.25) is 0 Å². The maximum atomic E-state index is 12.6. The third kappa shape index (κ3) is 2.55. The number of nitrogens with zero attached hydrogens (tertiary/aromatic N) is 1. The Morgan fingerprint density at radius 1 is 1.05 bits per heavy atom. The molecule has 0 unspecified atom stereocenters. The highest BCUT2D eigenvalue weighted by Crippen LogP contribution is 2.23. The van der Waals surface area contributed by atoms with E-state index in [0.717, 1.165) is 28.0 Å². The van der Waals surface area contributed by atoms with Crippen LogP contribution in [0.25, 0.3) is 10.9 Å². The Morgan fingerprint density at radius 3 is 2.41 bits per heavy atom. The lowest BCUT2D eigenvalue weighted by Gasteiger charge is -2.13. The van der Waals surface area contributed by atoms with Gasteiger partial charge in [0.1, 0.15) is 0 Å². The van der Waals surface area contributed by atoms with Gasteiger partial charge in [0.05, 0.1) is 5.56 Å². The second-order valence-electron chi connectivity index (χ2n) is 5.57. The molecule has 4 nitrogen and oxygen atoms in total. The molecule has 22 heavy (non-hydrogen) atoms. The Hall–Kier alpha value is -2.75. The number of aromatic amines is 1. The lowest BCUT2D eigenvalue weighted by Crippen LogP contribution is -2.13. The number of nitrogens with one attached hydrogen (secondary N) is 2. The maximum absolute atomic E-state index is 12.6. The lowest BCUT2D eigenvalue weighted by molar-refractivity contribution is 0.102. The second-order valence-corrected chi connectivity index (χ2v) is 5.57. The van der Waals surface area contributed by atoms with Gasteiger partial charge in [-0.15, -0.1) is 0 Å². The molecule has 0 saturated heterocycles. The predicted molar refractivity (Wildman–Crippen MR) is 91.8 cm³/mol. The molecule has 0 bridgehead atoms. The molecule has 3 aromatic rings. The Balaban J connectivity index is 1.88. The van der Waals surface area contributed by atoms with Crippen LogP contribution in [0.4, 0.5) is 11.4 Å². The van der Waals surface area contributed by atoms with Gasteiger partial charge in [-0.2, -0.15) is 0 Å². The number of H-pyrrole nitrogens is 1. The normalized spacial score (nSPS) is 10.7. The molecule has 112 valence electrons. The Morgan fingerprint density at radius 2 is 1.73 bits per heavy atom.